The van der Waals surface area contributed by atoms with Crippen molar-refractivity contribution in [1.29, 1.82) is 0 Å². The van der Waals surface area contributed by atoms with Gasteiger partial charge in [-0.2, -0.15) is 0 Å². The monoisotopic (exact) mass is 344 g/mol. The molecule has 2 aromatic carbocycles. The number of benzene rings is 2. The minimum atomic E-state index is -1.19. The van der Waals surface area contributed by atoms with E-state index >= 15 is 0 Å². The molecule has 5 nitrogen and oxygen atoms in total. The highest BCUT2D eigenvalue weighted by Gasteiger charge is 2.22. The molecule has 6 heteroatoms. The summed E-state index contributed by atoms with van der Waals surface area (Å²) in [5.74, 6) is -1.14. The second-order valence-corrected chi connectivity index (χ2v) is 5.63. The number of carboxylic acids is 1. The second kappa shape index (κ2) is 6.37. The minimum Gasteiger partial charge on any atom is -0.479 e. The van der Waals surface area contributed by atoms with Crippen molar-refractivity contribution in [3.63, 3.8) is 0 Å². The maximum atomic E-state index is 12.7. The lowest BCUT2D eigenvalue weighted by Crippen LogP contribution is -2.26. The zero-order valence-electron chi connectivity index (χ0n) is 12.7. The predicted octanol–water partition coefficient (Wildman–Crippen LogP) is 3.97. The maximum Gasteiger partial charge on any atom is 0.344 e. The summed E-state index contributed by atoms with van der Waals surface area (Å²) in [6, 6.07) is 13.4. The van der Waals surface area contributed by atoms with Crippen molar-refractivity contribution >= 4 is 28.5 Å². The molecule has 0 saturated heterocycles. The highest BCUT2D eigenvalue weighted by molar-refractivity contribution is 6.30. The van der Waals surface area contributed by atoms with Crippen molar-refractivity contribution in [2.45, 2.75) is 13.0 Å². The number of fused-ring (bicyclic) bond motifs is 1. The fraction of sp³-hybridized carbons (Fsp3) is 0.111. The van der Waals surface area contributed by atoms with Gasteiger partial charge >= 0.3 is 5.97 Å². The van der Waals surface area contributed by atoms with Crippen LogP contribution in [0.25, 0.3) is 22.3 Å². The van der Waals surface area contributed by atoms with Crippen molar-refractivity contribution in [3.05, 3.63) is 63.8 Å². The fourth-order valence-corrected chi connectivity index (χ4v) is 2.38. The summed E-state index contributed by atoms with van der Waals surface area (Å²) in [6.45, 7) is 1.35. The molecule has 1 atom stereocenters. The van der Waals surface area contributed by atoms with Gasteiger partial charge in [0.1, 0.15) is 5.58 Å². The summed E-state index contributed by atoms with van der Waals surface area (Å²) in [5.41, 5.74) is 0.535. The summed E-state index contributed by atoms with van der Waals surface area (Å²) >= 11 is 5.89. The Hall–Kier alpha value is -2.79. The molecule has 0 bridgehead atoms. The number of ether oxygens (including phenoxy) is 1. The first kappa shape index (κ1) is 16.1. The van der Waals surface area contributed by atoms with Crippen LogP contribution in [0.1, 0.15) is 6.92 Å². The van der Waals surface area contributed by atoms with Crippen molar-refractivity contribution < 1.29 is 19.1 Å². The van der Waals surface area contributed by atoms with Crippen LogP contribution in [-0.2, 0) is 4.79 Å². The molecule has 0 aliphatic carbocycles. The number of halogens is 1. The highest BCUT2D eigenvalue weighted by Crippen LogP contribution is 2.32. The van der Waals surface area contributed by atoms with Gasteiger partial charge in [-0.1, -0.05) is 23.7 Å². The SMILES string of the molecule is CC(Oc1c(-c2ccc(Cl)cc2)oc2ccccc2c1=O)C(=O)O. The van der Waals surface area contributed by atoms with Crippen LogP contribution in [0.4, 0.5) is 0 Å². The predicted molar refractivity (Wildman–Crippen MR) is 90.7 cm³/mol. The number of carbonyl (C=O) groups is 1. The van der Waals surface area contributed by atoms with Crippen LogP contribution in [0.3, 0.4) is 0 Å². The molecular weight excluding hydrogens is 332 g/mol. The van der Waals surface area contributed by atoms with Gasteiger partial charge in [-0.25, -0.2) is 4.79 Å². The van der Waals surface area contributed by atoms with Crippen LogP contribution in [0.2, 0.25) is 5.02 Å². The molecule has 1 N–H and O–H groups in total. The molecule has 3 rings (SSSR count). The van der Waals surface area contributed by atoms with E-state index in [1.54, 1.807) is 48.5 Å². The van der Waals surface area contributed by atoms with Crippen LogP contribution in [0.15, 0.2) is 57.7 Å². The van der Waals surface area contributed by atoms with Crippen LogP contribution in [0.5, 0.6) is 5.75 Å². The number of hydrogen-bond donors (Lipinski definition) is 1. The first-order valence-electron chi connectivity index (χ1n) is 7.18. The van der Waals surface area contributed by atoms with Crippen LogP contribution < -0.4 is 10.2 Å². The van der Waals surface area contributed by atoms with Gasteiger partial charge in [0.25, 0.3) is 0 Å². The standard InChI is InChI=1S/C18H13ClO5/c1-10(18(21)22)23-17-15(20)13-4-2-3-5-14(13)24-16(17)11-6-8-12(19)9-7-11/h2-10H,1H3,(H,21,22). The zero-order valence-corrected chi connectivity index (χ0v) is 13.4. The summed E-state index contributed by atoms with van der Waals surface area (Å²) in [5, 5.41) is 9.92. The molecule has 1 aromatic heterocycles. The van der Waals surface area contributed by atoms with E-state index in [-0.39, 0.29) is 11.5 Å². The Morgan fingerprint density at radius 3 is 2.50 bits per heavy atom. The first-order chi connectivity index (χ1) is 11.5. The number of carboxylic acid groups (broad SMARTS) is 1. The zero-order chi connectivity index (χ0) is 17.3. The smallest absolute Gasteiger partial charge is 0.344 e. The van der Waals surface area contributed by atoms with Crippen LogP contribution >= 0.6 is 11.6 Å². The van der Waals surface area contributed by atoms with Crippen LogP contribution in [0, 0.1) is 0 Å². The molecule has 0 saturated carbocycles. The molecule has 1 heterocycles. The molecule has 0 radical (unpaired) electrons. The van der Waals surface area contributed by atoms with Gasteiger partial charge in [0, 0.05) is 10.6 Å². The van der Waals surface area contributed by atoms with E-state index in [0.717, 1.165) is 0 Å². The summed E-state index contributed by atoms with van der Waals surface area (Å²) in [6.07, 6.45) is -1.19. The Morgan fingerprint density at radius 2 is 1.83 bits per heavy atom. The van der Waals surface area contributed by atoms with Gasteiger partial charge in [0.2, 0.25) is 11.2 Å². The number of rotatable bonds is 4. The minimum absolute atomic E-state index is 0.133. The molecule has 122 valence electrons. The van der Waals surface area contributed by atoms with E-state index in [9.17, 15) is 9.59 Å². The Labute approximate surface area is 142 Å². The topological polar surface area (TPSA) is 76.7 Å². The molecule has 24 heavy (non-hydrogen) atoms. The third-order valence-electron chi connectivity index (χ3n) is 3.50. The van der Waals surface area contributed by atoms with Gasteiger partial charge in [-0.3, -0.25) is 4.79 Å². The van der Waals surface area contributed by atoms with E-state index in [2.05, 4.69) is 0 Å². The third-order valence-corrected chi connectivity index (χ3v) is 3.76. The van der Waals surface area contributed by atoms with E-state index in [1.807, 2.05) is 0 Å². The molecule has 0 spiro atoms. The van der Waals surface area contributed by atoms with Crippen molar-refractivity contribution in [1.82, 2.24) is 0 Å². The van der Waals surface area contributed by atoms with Gasteiger partial charge in [-0.05, 0) is 43.3 Å². The Morgan fingerprint density at radius 1 is 1.17 bits per heavy atom. The Bertz CT molecular complexity index is 959. The molecular formula is C18H13ClO5. The summed E-state index contributed by atoms with van der Waals surface area (Å²) < 4.78 is 11.2. The van der Waals surface area contributed by atoms with E-state index in [1.165, 1.54) is 6.92 Å². The quantitative estimate of drug-likeness (QED) is 0.775. The highest BCUT2D eigenvalue weighted by atomic mass is 35.5. The van der Waals surface area contributed by atoms with E-state index in [0.29, 0.717) is 21.6 Å². The molecule has 3 aromatic rings. The molecule has 0 fully saturated rings. The van der Waals surface area contributed by atoms with Gasteiger partial charge in [-0.15, -0.1) is 0 Å². The molecule has 1 unspecified atom stereocenters. The molecule has 0 aliphatic heterocycles. The average molecular weight is 345 g/mol. The fourth-order valence-electron chi connectivity index (χ4n) is 2.25. The molecule has 0 aliphatic rings. The van der Waals surface area contributed by atoms with Gasteiger partial charge < -0.3 is 14.3 Å². The second-order valence-electron chi connectivity index (χ2n) is 5.19. The maximum absolute atomic E-state index is 12.7. The number of aliphatic carboxylic acids is 1. The summed E-state index contributed by atoms with van der Waals surface area (Å²) in [4.78, 5) is 23.8. The first-order valence-corrected chi connectivity index (χ1v) is 7.56. The van der Waals surface area contributed by atoms with Crippen LogP contribution in [-0.4, -0.2) is 17.2 Å². The van der Waals surface area contributed by atoms with Gasteiger partial charge in [0.05, 0.1) is 5.39 Å². The van der Waals surface area contributed by atoms with Gasteiger partial charge in [0.15, 0.2) is 11.9 Å². The average Bonchev–Trinajstić information content (AvgIpc) is 2.58. The van der Waals surface area contributed by atoms with Crippen molar-refractivity contribution in [2.24, 2.45) is 0 Å². The Kier molecular flexibility index (Phi) is 4.27. The Balaban J connectivity index is 2.26. The third kappa shape index (κ3) is 2.98. The van der Waals surface area contributed by atoms with E-state index < -0.39 is 17.5 Å². The van der Waals surface area contributed by atoms with Crippen molar-refractivity contribution in [3.8, 4) is 17.1 Å². The normalized spacial score (nSPS) is 12.1. The molecule has 0 amide bonds. The van der Waals surface area contributed by atoms with Crippen molar-refractivity contribution in [2.75, 3.05) is 0 Å². The largest absolute Gasteiger partial charge is 0.479 e. The summed E-state index contributed by atoms with van der Waals surface area (Å²) in [7, 11) is 0. The number of hydrogen-bond acceptors (Lipinski definition) is 4. The van der Waals surface area contributed by atoms with E-state index in [4.69, 9.17) is 25.9 Å². The lowest BCUT2D eigenvalue weighted by atomic mass is 10.1. The number of para-hydroxylation sites is 1. The lowest BCUT2D eigenvalue weighted by Gasteiger charge is -2.14. The lowest BCUT2D eigenvalue weighted by molar-refractivity contribution is -0.144.